The number of hydrogen-bond acceptors (Lipinski definition) is 5. The third-order valence-electron chi connectivity index (χ3n) is 3.52. The highest BCUT2D eigenvalue weighted by atomic mass is 35.5. The van der Waals surface area contributed by atoms with E-state index in [0.29, 0.717) is 16.8 Å². The van der Waals surface area contributed by atoms with Crippen LogP contribution in [0.5, 0.6) is 0 Å². The average Bonchev–Trinajstić information content (AvgIpc) is 3.08. The number of aromatic nitrogens is 2. The molecule has 0 unspecified atom stereocenters. The number of amides is 1. The molecule has 0 atom stereocenters. The Morgan fingerprint density at radius 2 is 2.15 bits per heavy atom. The third kappa shape index (κ3) is 2.86. The molecule has 0 saturated heterocycles. The van der Waals surface area contributed by atoms with Gasteiger partial charge in [-0.15, -0.1) is 0 Å². The Labute approximate surface area is 126 Å². The van der Waals surface area contributed by atoms with Gasteiger partial charge in [-0.05, 0) is 25.0 Å². The number of fused-ring (bicyclic) bond motifs is 1. The fourth-order valence-corrected chi connectivity index (χ4v) is 3.27. The average molecular weight is 311 g/mol. The number of rotatable bonds is 4. The number of carbonyl (C=O) groups excluding carboxylic acids is 1. The number of nitrogens with zero attached hydrogens (tertiary/aromatic N) is 2. The van der Waals surface area contributed by atoms with Crippen molar-refractivity contribution in [3.05, 3.63) is 17.2 Å². The molecule has 0 radical (unpaired) electrons. The maximum atomic E-state index is 11.9. The van der Waals surface area contributed by atoms with E-state index in [1.807, 2.05) is 6.07 Å². The van der Waals surface area contributed by atoms with Gasteiger partial charge in [0, 0.05) is 6.04 Å². The molecule has 1 aromatic carbocycles. The lowest BCUT2D eigenvalue weighted by atomic mass is 10.2. The summed E-state index contributed by atoms with van der Waals surface area (Å²) in [4.78, 5) is 11.9. The Balaban J connectivity index is 1.65. The van der Waals surface area contributed by atoms with Gasteiger partial charge in [0.25, 0.3) is 0 Å². The zero-order valence-electron chi connectivity index (χ0n) is 10.9. The largest absolute Gasteiger partial charge is 0.373 e. The summed E-state index contributed by atoms with van der Waals surface area (Å²) in [5.41, 5.74) is 2.19. The van der Waals surface area contributed by atoms with Crippen molar-refractivity contribution in [2.24, 2.45) is 0 Å². The van der Waals surface area contributed by atoms with Gasteiger partial charge in [-0.1, -0.05) is 24.4 Å². The van der Waals surface area contributed by atoms with Crippen LogP contribution in [0.3, 0.4) is 0 Å². The van der Waals surface area contributed by atoms with E-state index in [1.54, 1.807) is 6.07 Å². The second kappa shape index (κ2) is 5.93. The molecular formula is C13H15ClN4OS. The molecule has 5 nitrogen and oxygen atoms in total. The van der Waals surface area contributed by atoms with Crippen LogP contribution in [0.4, 0.5) is 5.69 Å². The molecule has 0 spiro atoms. The van der Waals surface area contributed by atoms with Crippen molar-refractivity contribution in [2.45, 2.75) is 31.7 Å². The summed E-state index contributed by atoms with van der Waals surface area (Å²) in [6, 6.07) is 3.92. The standard InChI is InChI=1S/C13H15ClN4OS/c14-9-5-6-10-13(18-20-17-10)12(9)15-7-11(19)16-8-3-1-2-4-8/h5-6,8,15H,1-4,7H2,(H,16,19). The van der Waals surface area contributed by atoms with Gasteiger partial charge in [-0.2, -0.15) is 8.75 Å². The maximum Gasteiger partial charge on any atom is 0.239 e. The molecule has 106 valence electrons. The smallest absolute Gasteiger partial charge is 0.239 e. The van der Waals surface area contributed by atoms with Crippen molar-refractivity contribution < 1.29 is 4.79 Å². The van der Waals surface area contributed by atoms with Crippen LogP contribution >= 0.6 is 23.3 Å². The van der Waals surface area contributed by atoms with Crippen molar-refractivity contribution in [3.63, 3.8) is 0 Å². The minimum Gasteiger partial charge on any atom is -0.373 e. The minimum atomic E-state index is -0.00633. The minimum absolute atomic E-state index is 0.00633. The molecule has 1 heterocycles. The Hall–Kier alpha value is -1.40. The number of nitrogens with one attached hydrogen (secondary N) is 2. The van der Waals surface area contributed by atoms with Crippen LogP contribution in [0, 0.1) is 0 Å². The lowest BCUT2D eigenvalue weighted by Crippen LogP contribution is -2.36. The molecule has 1 amide bonds. The summed E-state index contributed by atoms with van der Waals surface area (Å²) < 4.78 is 8.37. The van der Waals surface area contributed by atoms with E-state index in [-0.39, 0.29) is 12.5 Å². The van der Waals surface area contributed by atoms with Gasteiger partial charge in [0.1, 0.15) is 11.0 Å². The first-order chi connectivity index (χ1) is 9.74. The molecular weight excluding hydrogens is 296 g/mol. The Morgan fingerprint density at radius 3 is 2.95 bits per heavy atom. The normalized spacial score (nSPS) is 15.7. The molecule has 0 aliphatic heterocycles. The second-order valence-electron chi connectivity index (χ2n) is 4.96. The number of benzene rings is 1. The first-order valence-corrected chi connectivity index (χ1v) is 7.79. The predicted octanol–water partition coefficient (Wildman–Crippen LogP) is 2.82. The lowest BCUT2D eigenvalue weighted by molar-refractivity contribution is -0.120. The quantitative estimate of drug-likeness (QED) is 0.911. The SMILES string of the molecule is O=C(CNc1c(Cl)ccc2nsnc12)NC1CCCC1. The highest BCUT2D eigenvalue weighted by molar-refractivity contribution is 7.00. The molecule has 20 heavy (non-hydrogen) atoms. The molecule has 1 aromatic heterocycles. The zero-order chi connectivity index (χ0) is 13.9. The first-order valence-electron chi connectivity index (χ1n) is 6.68. The summed E-state index contributed by atoms with van der Waals surface area (Å²) in [5, 5.41) is 6.66. The van der Waals surface area contributed by atoms with Crippen LogP contribution in [0.15, 0.2) is 12.1 Å². The molecule has 1 fully saturated rings. The highest BCUT2D eigenvalue weighted by Gasteiger charge is 2.17. The monoisotopic (exact) mass is 310 g/mol. The third-order valence-corrected chi connectivity index (χ3v) is 4.38. The van der Waals surface area contributed by atoms with Gasteiger partial charge in [0.05, 0.1) is 29.0 Å². The van der Waals surface area contributed by atoms with E-state index in [1.165, 1.54) is 12.8 Å². The van der Waals surface area contributed by atoms with Crippen LogP contribution in [0.25, 0.3) is 11.0 Å². The Kier molecular flexibility index (Phi) is 4.03. The lowest BCUT2D eigenvalue weighted by Gasteiger charge is -2.13. The fraction of sp³-hybridized carbons (Fsp3) is 0.462. The van der Waals surface area contributed by atoms with Gasteiger partial charge in [0.2, 0.25) is 5.91 Å². The zero-order valence-corrected chi connectivity index (χ0v) is 12.4. The molecule has 1 saturated carbocycles. The predicted molar refractivity (Wildman–Crippen MR) is 81.3 cm³/mol. The topological polar surface area (TPSA) is 66.9 Å². The molecule has 3 rings (SSSR count). The van der Waals surface area contributed by atoms with E-state index in [0.717, 1.165) is 35.6 Å². The maximum absolute atomic E-state index is 11.9. The molecule has 1 aliphatic rings. The highest BCUT2D eigenvalue weighted by Crippen LogP contribution is 2.29. The van der Waals surface area contributed by atoms with E-state index in [2.05, 4.69) is 19.4 Å². The number of anilines is 1. The van der Waals surface area contributed by atoms with Gasteiger partial charge >= 0.3 is 0 Å². The van der Waals surface area contributed by atoms with Crippen LogP contribution in [0.1, 0.15) is 25.7 Å². The van der Waals surface area contributed by atoms with E-state index < -0.39 is 0 Å². The van der Waals surface area contributed by atoms with Crippen LogP contribution in [-0.4, -0.2) is 27.2 Å². The second-order valence-corrected chi connectivity index (χ2v) is 5.89. The molecule has 1 aliphatic carbocycles. The molecule has 7 heteroatoms. The van der Waals surface area contributed by atoms with Crippen molar-refractivity contribution in [2.75, 3.05) is 11.9 Å². The Bertz CT molecular complexity index is 624. The number of hydrogen-bond donors (Lipinski definition) is 2. The van der Waals surface area contributed by atoms with Gasteiger partial charge < -0.3 is 10.6 Å². The molecule has 0 bridgehead atoms. The van der Waals surface area contributed by atoms with Crippen molar-refractivity contribution in [1.29, 1.82) is 0 Å². The summed E-state index contributed by atoms with van der Waals surface area (Å²) in [7, 11) is 0. The summed E-state index contributed by atoms with van der Waals surface area (Å²) in [6.45, 7) is 0.201. The van der Waals surface area contributed by atoms with E-state index in [9.17, 15) is 4.79 Å². The van der Waals surface area contributed by atoms with Crippen LogP contribution in [0.2, 0.25) is 5.02 Å². The summed E-state index contributed by atoms with van der Waals surface area (Å²) >= 11 is 7.29. The first kappa shape index (κ1) is 13.6. The fourth-order valence-electron chi connectivity index (χ4n) is 2.51. The Morgan fingerprint density at radius 1 is 1.35 bits per heavy atom. The van der Waals surface area contributed by atoms with Crippen LogP contribution in [-0.2, 0) is 4.79 Å². The van der Waals surface area contributed by atoms with Crippen LogP contribution < -0.4 is 10.6 Å². The van der Waals surface area contributed by atoms with Crippen molar-refractivity contribution in [1.82, 2.24) is 14.1 Å². The summed E-state index contributed by atoms with van der Waals surface area (Å²) in [5.74, 6) is -0.00633. The number of carbonyl (C=O) groups is 1. The van der Waals surface area contributed by atoms with E-state index >= 15 is 0 Å². The molecule has 2 aromatic rings. The van der Waals surface area contributed by atoms with E-state index in [4.69, 9.17) is 11.6 Å². The van der Waals surface area contributed by atoms with Gasteiger partial charge in [-0.3, -0.25) is 4.79 Å². The summed E-state index contributed by atoms with van der Waals surface area (Å²) in [6.07, 6.45) is 4.57. The van der Waals surface area contributed by atoms with Crippen molar-refractivity contribution in [3.8, 4) is 0 Å². The van der Waals surface area contributed by atoms with Crippen molar-refractivity contribution >= 4 is 46.0 Å². The van der Waals surface area contributed by atoms with Gasteiger partial charge in [-0.25, -0.2) is 0 Å². The molecule has 2 N–H and O–H groups in total. The number of halogens is 1. The van der Waals surface area contributed by atoms with Gasteiger partial charge in [0.15, 0.2) is 0 Å².